The second-order valence-electron chi connectivity index (χ2n) is 4.17. The normalized spacial score (nSPS) is 12.7. The Hall–Kier alpha value is -0.390. The van der Waals surface area contributed by atoms with Crippen LogP contribution >= 0.6 is 38.9 Å². The van der Waals surface area contributed by atoms with Gasteiger partial charge >= 0.3 is 0 Å². The largest absolute Gasteiger partial charge is 0.271 e. The molecule has 2 rings (SSSR count). The molecule has 1 unspecified atom stereocenters. The van der Waals surface area contributed by atoms with E-state index in [1.807, 2.05) is 18.2 Å². The predicted octanol–water partition coefficient (Wildman–Crippen LogP) is 4.22. The van der Waals surface area contributed by atoms with Gasteiger partial charge in [0.2, 0.25) is 0 Å². The van der Waals surface area contributed by atoms with E-state index in [1.54, 1.807) is 11.3 Å². The van der Waals surface area contributed by atoms with Crippen LogP contribution in [0.2, 0.25) is 5.02 Å². The number of aryl methyl sites for hydroxylation is 1. The topological polar surface area (TPSA) is 38.0 Å². The zero-order chi connectivity index (χ0) is 13.1. The lowest BCUT2D eigenvalue weighted by Crippen LogP contribution is -2.29. The van der Waals surface area contributed by atoms with Crippen LogP contribution in [-0.4, -0.2) is 0 Å². The van der Waals surface area contributed by atoms with Crippen molar-refractivity contribution in [2.75, 3.05) is 0 Å². The van der Waals surface area contributed by atoms with Crippen LogP contribution < -0.4 is 11.3 Å². The van der Waals surface area contributed by atoms with Gasteiger partial charge in [-0.1, -0.05) is 33.6 Å². The summed E-state index contributed by atoms with van der Waals surface area (Å²) in [5, 5.41) is 5.02. The van der Waals surface area contributed by atoms with Crippen LogP contribution in [0.4, 0.5) is 0 Å². The lowest BCUT2D eigenvalue weighted by Gasteiger charge is -2.17. The molecule has 1 aromatic heterocycles. The van der Waals surface area contributed by atoms with Crippen molar-refractivity contribution in [1.29, 1.82) is 0 Å². The zero-order valence-electron chi connectivity index (χ0n) is 9.91. The molecule has 0 saturated carbocycles. The summed E-state index contributed by atoms with van der Waals surface area (Å²) in [5.74, 6) is 5.66. The molecule has 0 aliphatic rings. The first-order chi connectivity index (χ1) is 8.61. The second kappa shape index (κ2) is 6.17. The molecule has 1 heterocycles. The van der Waals surface area contributed by atoms with Gasteiger partial charge in [-0.3, -0.25) is 11.3 Å². The summed E-state index contributed by atoms with van der Waals surface area (Å²) in [6.07, 6.45) is 0.778. The van der Waals surface area contributed by atoms with Gasteiger partial charge in [0.15, 0.2) is 0 Å². The maximum Gasteiger partial charge on any atom is 0.0511 e. The molecule has 1 aromatic carbocycles. The van der Waals surface area contributed by atoms with Gasteiger partial charge in [-0.2, -0.15) is 11.3 Å². The second-order valence-corrected chi connectivity index (χ2v) is 6.24. The number of hydrogen-bond donors (Lipinski definition) is 2. The molecule has 18 heavy (non-hydrogen) atoms. The monoisotopic (exact) mass is 344 g/mol. The Kier molecular flexibility index (Phi) is 4.81. The molecule has 96 valence electrons. The van der Waals surface area contributed by atoms with E-state index < -0.39 is 0 Å². The van der Waals surface area contributed by atoms with Crippen molar-refractivity contribution >= 4 is 38.9 Å². The first kappa shape index (κ1) is 14.0. The Bertz CT molecular complexity index is 542. The van der Waals surface area contributed by atoms with Crippen LogP contribution in [-0.2, 0) is 6.42 Å². The van der Waals surface area contributed by atoms with Crippen molar-refractivity contribution in [3.8, 4) is 0 Å². The van der Waals surface area contributed by atoms with Crippen molar-refractivity contribution in [1.82, 2.24) is 5.43 Å². The summed E-state index contributed by atoms with van der Waals surface area (Å²) in [7, 11) is 0. The Morgan fingerprint density at radius 3 is 2.78 bits per heavy atom. The van der Waals surface area contributed by atoms with Gasteiger partial charge in [0, 0.05) is 9.50 Å². The van der Waals surface area contributed by atoms with Gasteiger partial charge in [0.1, 0.15) is 0 Å². The number of thiophene rings is 1. The molecule has 5 heteroatoms. The number of halogens is 2. The third-order valence-electron chi connectivity index (χ3n) is 2.91. The van der Waals surface area contributed by atoms with Crippen molar-refractivity contribution < 1.29 is 0 Å². The minimum atomic E-state index is 0.0925. The number of benzene rings is 1. The summed E-state index contributed by atoms with van der Waals surface area (Å²) in [5.41, 5.74) is 6.46. The summed E-state index contributed by atoms with van der Waals surface area (Å²) in [6.45, 7) is 2.10. The lowest BCUT2D eigenvalue weighted by atomic mass is 9.99. The molecular weight excluding hydrogens is 332 g/mol. The highest BCUT2D eigenvalue weighted by Gasteiger charge is 2.15. The third-order valence-corrected chi connectivity index (χ3v) is 4.64. The molecule has 1 atom stereocenters. The maximum absolute atomic E-state index is 6.24. The fourth-order valence-electron chi connectivity index (χ4n) is 1.89. The van der Waals surface area contributed by atoms with Gasteiger partial charge < -0.3 is 0 Å². The van der Waals surface area contributed by atoms with Crippen LogP contribution in [0.3, 0.4) is 0 Å². The first-order valence-electron chi connectivity index (χ1n) is 5.54. The minimum Gasteiger partial charge on any atom is -0.271 e. The molecular formula is C13H14BrClN2S. The Labute approximate surface area is 124 Å². The van der Waals surface area contributed by atoms with Crippen molar-refractivity contribution in [3.05, 3.63) is 55.1 Å². The van der Waals surface area contributed by atoms with E-state index in [2.05, 4.69) is 39.0 Å². The predicted molar refractivity (Wildman–Crippen MR) is 82.0 cm³/mol. The Morgan fingerprint density at radius 1 is 1.44 bits per heavy atom. The molecule has 0 spiro atoms. The number of rotatable bonds is 4. The van der Waals surface area contributed by atoms with Crippen LogP contribution in [0, 0.1) is 6.92 Å². The molecule has 0 saturated heterocycles. The molecule has 0 amide bonds. The van der Waals surface area contributed by atoms with Crippen molar-refractivity contribution in [2.24, 2.45) is 5.84 Å². The molecule has 0 aliphatic heterocycles. The molecule has 2 aromatic rings. The smallest absolute Gasteiger partial charge is 0.0511 e. The molecule has 2 nitrogen and oxygen atoms in total. The third kappa shape index (κ3) is 3.13. The standard InChI is InChI=1S/C13H14BrClN2S/c1-8-6-18-7-11(8)13(17-16)4-9-2-3-10(14)5-12(9)15/h2-3,5-7,13,17H,4,16H2,1H3. The van der Waals surface area contributed by atoms with E-state index in [9.17, 15) is 0 Å². The van der Waals surface area contributed by atoms with Gasteiger partial charge in [0.05, 0.1) is 6.04 Å². The molecule has 0 radical (unpaired) electrons. The van der Waals surface area contributed by atoms with Crippen LogP contribution in [0.25, 0.3) is 0 Å². The fourth-order valence-corrected chi connectivity index (χ4v) is 3.55. The van der Waals surface area contributed by atoms with E-state index in [1.165, 1.54) is 11.1 Å². The number of nitrogens with two attached hydrogens (primary N) is 1. The quantitative estimate of drug-likeness (QED) is 0.643. The van der Waals surface area contributed by atoms with E-state index in [4.69, 9.17) is 17.4 Å². The van der Waals surface area contributed by atoms with Crippen LogP contribution in [0.5, 0.6) is 0 Å². The minimum absolute atomic E-state index is 0.0925. The maximum atomic E-state index is 6.24. The Balaban J connectivity index is 2.23. The lowest BCUT2D eigenvalue weighted by molar-refractivity contribution is 0.551. The molecule has 0 fully saturated rings. The van der Waals surface area contributed by atoms with Gasteiger partial charge in [-0.05, 0) is 52.9 Å². The summed E-state index contributed by atoms with van der Waals surface area (Å²) in [4.78, 5) is 0. The van der Waals surface area contributed by atoms with E-state index in [-0.39, 0.29) is 6.04 Å². The van der Waals surface area contributed by atoms with Crippen LogP contribution in [0.15, 0.2) is 33.4 Å². The summed E-state index contributed by atoms with van der Waals surface area (Å²) in [6, 6.07) is 6.02. The van der Waals surface area contributed by atoms with E-state index in [0.717, 1.165) is 21.5 Å². The average Bonchev–Trinajstić information content (AvgIpc) is 2.75. The summed E-state index contributed by atoms with van der Waals surface area (Å²) >= 11 is 11.3. The SMILES string of the molecule is Cc1cscc1C(Cc1ccc(Br)cc1Cl)NN. The highest BCUT2D eigenvalue weighted by molar-refractivity contribution is 9.10. The van der Waals surface area contributed by atoms with Crippen LogP contribution in [0.1, 0.15) is 22.7 Å². The highest BCUT2D eigenvalue weighted by Crippen LogP contribution is 2.28. The zero-order valence-corrected chi connectivity index (χ0v) is 13.1. The number of hydrogen-bond acceptors (Lipinski definition) is 3. The molecule has 0 bridgehead atoms. The Morgan fingerprint density at radius 2 is 2.22 bits per heavy atom. The van der Waals surface area contributed by atoms with Crippen molar-refractivity contribution in [2.45, 2.75) is 19.4 Å². The van der Waals surface area contributed by atoms with Gasteiger partial charge in [-0.25, -0.2) is 0 Å². The first-order valence-corrected chi connectivity index (χ1v) is 7.66. The van der Waals surface area contributed by atoms with Gasteiger partial charge in [-0.15, -0.1) is 0 Å². The number of nitrogens with one attached hydrogen (secondary N) is 1. The summed E-state index contributed by atoms with van der Waals surface area (Å²) < 4.78 is 0.986. The van der Waals surface area contributed by atoms with E-state index in [0.29, 0.717) is 0 Å². The number of hydrazine groups is 1. The van der Waals surface area contributed by atoms with Crippen molar-refractivity contribution in [3.63, 3.8) is 0 Å². The van der Waals surface area contributed by atoms with Gasteiger partial charge in [0.25, 0.3) is 0 Å². The molecule has 3 N–H and O–H groups in total. The average molecular weight is 346 g/mol. The van der Waals surface area contributed by atoms with E-state index >= 15 is 0 Å². The highest BCUT2D eigenvalue weighted by atomic mass is 79.9. The molecule has 0 aliphatic carbocycles. The fraction of sp³-hybridized carbons (Fsp3) is 0.231.